The maximum absolute atomic E-state index is 12.4. The molecule has 5 rings (SSSR count). The van der Waals surface area contributed by atoms with Crippen LogP contribution in [0.1, 0.15) is 51.0 Å². The fourth-order valence-electron chi connectivity index (χ4n) is 4.80. The lowest BCUT2D eigenvalue weighted by Crippen LogP contribution is -2.45. The summed E-state index contributed by atoms with van der Waals surface area (Å²) in [7, 11) is 0. The fourth-order valence-corrected chi connectivity index (χ4v) is 5.49. The van der Waals surface area contributed by atoms with Gasteiger partial charge in [-0.15, -0.1) is 11.3 Å². The Morgan fingerprint density at radius 1 is 1.30 bits per heavy atom. The second-order valence-electron chi connectivity index (χ2n) is 10.9. The van der Waals surface area contributed by atoms with Crippen LogP contribution < -0.4 is 15.4 Å². The Bertz CT molecular complexity index is 1490. The number of amides is 1. The molecule has 40 heavy (non-hydrogen) atoms. The van der Waals surface area contributed by atoms with Crippen LogP contribution in [0.5, 0.6) is 0 Å². The third-order valence-electron chi connectivity index (χ3n) is 6.50. The van der Waals surface area contributed by atoms with Crippen LogP contribution in [0, 0.1) is 0 Å². The van der Waals surface area contributed by atoms with Crippen molar-refractivity contribution in [3.05, 3.63) is 76.4 Å². The molecule has 4 aromatic heterocycles. The second-order valence-corrected chi connectivity index (χ2v) is 11.8. The van der Waals surface area contributed by atoms with E-state index in [4.69, 9.17) is 9.72 Å². The van der Waals surface area contributed by atoms with Gasteiger partial charge in [0.1, 0.15) is 17.6 Å². The van der Waals surface area contributed by atoms with Gasteiger partial charge in [0.25, 0.3) is 5.56 Å². The van der Waals surface area contributed by atoms with Crippen molar-refractivity contribution in [3.63, 3.8) is 0 Å². The SMILES string of the molecule is CC(C)(C)OC(=O)NCC[n+]1cccnc1-n1cnc(CN2CCCC(c3nc(-c4cccs4)cc(=O)[nH]3)C2)c1. The molecule has 1 atom stereocenters. The molecule has 0 spiro atoms. The minimum Gasteiger partial charge on any atom is -0.444 e. The monoisotopic (exact) mass is 563 g/mol. The molecule has 0 radical (unpaired) electrons. The molecule has 0 aromatic carbocycles. The summed E-state index contributed by atoms with van der Waals surface area (Å²) in [6.07, 6.45) is 8.96. The van der Waals surface area contributed by atoms with Gasteiger partial charge in [0.15, 0.2) is 6.33 Å². The number of carbonyl (C=O) groups excluding carboxylic acids is 1. The van der Waals surface area contributed by atoms with Crippen LogP contribution in [0.15, 0.2) is 59.4 Å². The molecule has 1 saturated heterocycles. The molecule has 1 aliphatic rings. The summed E-state index contributed by atoms with van der Waals surface area (Å²) in [6, 6.07) is 7.38. The van der Waals surface area contributed by atoms with E-state index in [9.17, 15) is 9.59 Å². The maximum atomic E-state index is 12.4. The molecule has 0 aliphatic carbocycles. The van der Waals surface area contributed by atoms with E-state index in [1.165, 1.54) is 0 Å². The molecule has 210 valence electrons. The van der Waals surface area contributed by atoms with Crippen molar-refractivity contribution in [2.45, 2.75) is 58.2 Å². The first-order chi connectivity index (χ1) is 19.2. The third kappa shape index (κ3) is 7.19. The number of nitrogens with one attached hydrogen (secondary N) is 2. The normalized spacial score (nSPS) is 16.1. The summed E-state index contributed by atoms with van der Waals surface area (Å²) < 4.78 is 9.17. The Kier molecular flexibility index (Phi) is 8.36. The van der Waals surface area contributed by atoms with Gasteiger partial charge in [0, 0.05) is 31.1 Å². The maximum Gasteiger partial charge on any atom is 0.407 e. The van der Waals surface area contributed by atoms with Crippen LogP contribution in [0.2, 0.25) is 0 Å². The lowest BCUT2D eigenvalue weighted by atomic mass is 9.97. The average molecular weight is 564 g/mol. The highest BCUT2D eigenvalue weighted by molar-refractivity contribution is 7.13. The number of imidazole rings is 1. The summed E-state index contributed by atoms with van der Waals surface area (Å²) in [5, 5.41) is 4.78. The fraction of sp³-hybridized carbons (Fsp3) is 0.429. The summed E-state index contributed by atoms with van der Waals surface area (Å²) in [5.74, 6) is 1.61. The Hall–Kier alpha value is -3.90. The molecule has 1 aliphatic heterocycles. The van der Waals surface area contributed by atoms with Crippen molar-refractivity contribution in [2.24, 2.45) is 0 Å². The minimum absolute atomic E-state index is 0.116. The number of ether oxygens (including phenoxy) is 1. The quantitative estimate of drug-likeness (QED) is 0.316. The van der Waals surface area contributed by atoms with E-state index >= 15 is 0 Å². The molecule has 11 nitrogen and oxygen atoms in total. The largest absolute Gasteiger partial charge is 0.444 e. The number of nitrogens with zero attached hydrogens (tertiary/aromatic N) is 6. The van der Waals surface area contributed by atoms with Crippen LogP contribution in [0.3, 0.4) is 0 Å². The first-order valence-electron chi connectivity index (χ1n) is 13.5. The predicted octanol–water partition coefficient (Wildman–Crippen LogP) is 3.27. The van der Waals surface area contributed by atoms with E-state index in [-0.39, 0.29) is 11.5 Å². The highest BCUT2D eigenvalue weighted by Gasteiger charge is 2.25. The number of aromatic amines is 1. The Morgan fingerprint density at radius 3 is 2.98 bits per heavy atom. The van der Waals surface area contributed by atoms with Crippen molar-refractivity contribution >= 4 is 17.4 Å². The van der Waals surface area contributed by atoms with Crippen molar-refractivity contribution < 1.29 is 14.1 Å². The average Bonchev–Trinajstić information content (AvgIpc) is 3.61. The lowest BCUT2D eigenvalue weighted by Gasteiger charge is -2.31. The number of hydrogen-bond acceptors (Lipinski definition) is 8. The number of piperidine rings is 1. The standard InChI is InChI=1S/C28H34N8O3S/c1-28(2,3)39-27(38)30-10-13-35-12-6-9-29-26(35)36-18-21(31-19-36)17-34-11-4-7-20(16-34)25-32-22(15-24(37)33-25)23-8-5-14-40-23/h5-6,8-9,12,14-15,18-20H,4,7,10-11,13,16-17H2,1-3H3,(H-,30,32,33,37,38)/p+1. The zero-order chi connectivity index (χ0) is 28.1. The number of likely N-dealkylation sites (tertiary alicyclic amines) is 1. The highest BCUT2D eigenvalue weighted by Crippen LogP contribution is 2.27. The van der Waals surface area contributed by atoms with Gasteiger partial charge < -0.3 is 15.0 Å². The summed E-state index contributed by atoms with van der Waals surface area (Å²) >= 11 is 1.58. The smallest absolute Gasteiger partial charge is 0.407 e. The zero-order valence-corrected chi connectivity index (χ0v) is 23.9. The Labute approximate surface area is 236 Å². The van der Waals surface area contributed by atoms with Gasteiger partial charge in [-0.05, 0) is 51.6 Å². The molecule has 1 fully saturated rings. The van der Waals surface area contributed by atoms with E-state index in [0.29, 0.717) is 25.6 Å². The molecular weight excluding hydrogens is 528 g/mol. The van der Waals surface area contributed by atoms with Crippen molar-refractivity contribution in [1.82, 2.24) is 34.7 Å². The Morgan fingerprint density at radius 2 is 2.17 bits per heavy atom. The number of hydrogen-bond donors (Lipinski definition) is 2. The topological polar surface area (TPSA) is 122 Å². The van der Waals surface area contributed by atoms with Crippen LogP contribution >= 0.6 is 11.3 Å². The van der Waals surface area contributed by atoms with E-state index in [2.05, 4.69) is 25.2 Å². The van der Waals surface area contributed by atoms with Crippen LogP contribution in [0.4, 0.5) is 4.79 Å². The molecule has 1 amide bonds. The van der Waals surface area contributed by atoms with Crippen molar-refractivity contribution in [2.75, 3.05) is 19.6 Å². The number of aromatic nitrogens is 6. The number of thiophene rings is 1. The Balaban J connectivity index is 1.22. The number of H-pyrrole nitrogens is 1. The van der Waals surface area contributed by atoms with Gasteiger partial charge in [-0.2, -0.15) is 4.57 Å². The van der Waals surface area contributed by atoms with Crippen LogP contribution in [-0.2, 0) is 17.8 Å². The minimum atomic E-state index is -0.541. The first kappa shape index (κ1) is 27.7. The molecule has 1 unspecified atom stereocenters. The van der Waals surface area contributed by atoms with Gasteiger partial charge in [-0.1, -0.05) is 11.1 Å². The number of rotatable bonds is 8. The van der Waals surface area contributed by atoms with Gasteiger partial charge in [-0.25, -0.2) is 19.3 Å². The molecule has 5 heterocycles. The number of carbonyl (C=O) groups is 1. The zero-order valence-electron chi connectivity index (χ0n) is 23.0. The second kappa shape index (κ2) is 12.1. The molecular formula is C28H35N8O3S+. The summed E-state index contributed by atoms with van der Waals surface area (Å²) in [5.41, 5.74) is 1.00. The first-order valence-corrected chi connectivity index (χ1v) is 14.3. The lowest BCUT2D eigenvalue weighted by molar-refractivity contribution is -0.691. The molecule has 4 aromatic rings. The van der Waals surface area contributed by atoms with Crippen LogP contribution in [0.25, 0.3) is 16.5 Å². The van der Waals surface area contributed by atoms with Gasteiger partial charge in [-0.3, -0.25) is 9.69 Å². The van der Waals surface area contributed by atoms with Crippen molar-refractivity contribution in [1.29, 1.82) is 0 Å². The van der Waals surface area contributed by atoms with Gasteiger partial charge in [0.05, 0.1) is 41.7 Å². The summed E-state index contributed by atoms with van der Waals surface area (Å²) in [4.78, 5) is 44.7. The van der Waals surface area contributed by atoms with Crippen molar-refractivity contribution in [3.8, 4) is 16.5 Å². The number of alkyl carbamates (subject to hydrolysis) is 1. The molecule has 0 saturated carbocycles. The summed E-state index contributed by atoms with van der Waals surface area (Å²) in [6.45, 7) is 8.87. The predicted molar refractivity (Wildman–Crippen MR) is 151 cm³/mol. The van der Waals surface area contributed by atoms with Crippen LogP contribution in [-0.4, -0.2) is 60.7 Å². The molecule has 12 heteroatoms. The van der Waals surface area contributed by atoms with E-state index < -0.39 is 11.7 Å². The highest BCUT2D eigenvalue weighted by atomic mass is 32.1. The van der Waals surface area contributed by atoms with Gasteiger partial charge in [0.2, 0.25) is 0 Å². The van der Waals surface area contributed by atoms with E-state index in [1.54, 1.807) is 29.9 Å². The molecule has 2 N–H and O–H groups in total. The van der Waals surface area contributed by atoms with Gasteiger partial charge >= 0.3 is 12.0 Å². The van der Waals surface area contributed by atoms with E-state index in [1.807, 2.05) is 65.9 Å². The molecule has 0 bridgehead atoms. The third-order valence-corrected chi connectivity index (χ3v) is 7.39. The van der Waals surface area contributed by atoms with E-state index in [0.717, 1.165) is 48.0 Å².